The van der Waals surface area contributed by atoms with Gasteiger partial charge in [-0.05, 0) is 6.92 Å². The van der Waals surface area contributed by atoms with Crippen LogP contribution in [-0.4, -0.2) is 52.1 Å². The Balaban J connectivity index is 2.53. The molecule has 80 valence electrons. The van der Waals surface area contributed by atoms with Crippen molar-refractivity contribution >= 4 is 22.6 Å². The van der Waals surface area contributed by atoms with Gasteiger partial charge in [0.1, 0.15) is 6.04 Å². The lowest BCUT2D eigenvalue weighted by molar-refractivity contribution is -0.143. The van der Waals surface area contributed by atoms with Crippen molar-refractivity contribution in [3.8, 4) is 0 Å². The Kier molecular flexibility index (Phi) is 3.62. The first kappa shape index (κ1) is 11.2. The topological polar surface area (TPSA) is 66.5 Å². The van der Waals surface area contributed by atoms with Crippen molar-refractivity contribution in [1.29, 1.82) is 0 Å². The number of carbonyl (C=O) groups is 2. The number of nitrogens with zero attached hydrogens (tertiary/aromatic N) is 1. The minimum Gasteiger partial charge on any atom is -0.343 e. The number of rotatable bonds is 3. The van der Waals surface area contributed by atoms with Crippen molar-refractivity contribution in [3.63, 3.8) is 0 Å². The molecule has 0 radical (unpaired) electrons. The molecule has 2 atom stereocenters. The summed E-state index contributed by atoms with van der Waals surface area (Å²) in [6, 6.07) is -0.457. The van der Waals surface area contributed by atoms with Crippen molar-refractivity contribution in [2.75, 3.05) is 25.1 Å². The van der Waals surface area contributed by atoms with Gasteiger partial charge in [0.2, 0.25) is 11.8 Å². The fourth-order valence-corrected chi connectivity index (χ4v) is 1.78. The highest BCUT2D eigenvalue weighted by Gasteiger charge is 2.28. The lowest BCUT2D eigenvalue weighted by Crippen LogP contribution is -2.57. The monoisotopic (exact) mass is 218 g/mol. The average molecular weight is 218 g/mol. The molecule has 1 fully saturated rings. The molecule has 14 heavy (non-hydrogen) atoms. The van der Waals surface area contributed by atoms with Gasteiger partial charge in [0, 0.05) is 29.4 Å². The zero-order chi connectivity index (χ0) is 10.7. The van der Waals surface area contributed by atoms with Crippen LogP contribution in [0.4, 0.5) is 0 Å². The van der Waals surface area contributed by atoms with Crippen molar-refractivity contribution < 1.29 is 13.8 Å². The van der Waals surface area contributed by atoms with E-state index in [1.54, 1.807) is 13.2 Å². The minimum absolute atomic E-state index is 0.0837. The molecule has 1 N–H and O–H groups in total. The fourth-order valence-electron chi connectivity index (χ4n) is 1.30. The smallest absolute Gasteiger partial charge is 0.245 e. The van der Waals surface area contributed by atoms with E-state index in [0.717, 1.165) is 0 Å². The maximum Gasteiger partial charge on any atom is 0.245 e. The second kappa shape index (κ2) is 4.54. The molecule has 0 bridgehead atoms. The van der Waals surface area contributed by atoms with Gasteiger partial charge in [-0.15, -0.1) is 0 Å². The molecule has 0 saturated carbocycles. The van der Waals surface area contributed by atoms with Crippen LogP contribution in [0.15, 0.2) is 0 Å². The summed E-state index contributed by atoms with van der Waals surface area (Å²) in [4.78, 5) is 24.0. The Bertz CT molecular complexity index is 280. The van der Waals surface area contributed by atoms with Crippen molar-refractivity contribution in [2.24, 2.45) is 0 Å². The molecule has 1 aliphatic rings. The molecule has 5 nitrogen and oxygen atoms in total. The third kappa shape index (κ3) is 2.80. The first-order valence-electron chi connectivity index (χ1n) is 4.39. The lowest BCUT2D eigenvalue weighted by Gasteiger charge is -2.30. The quantitative estimate of drug-likeness (QED) is 0.641. The van der Waals surface area contributed by atoms with E-state index in [1.165, 1.54) is 4.90 Å². The second-order valence-corrected chi connectivity index (χ2v) is 4.88. The number of nitrogens with one attached hydrogen (secondary N) is 1. The maximum absolute atomic E-state index is 11.5. The summed E-state index contributed by atoms with van der Waals surface area (Å²) in [5.74, 6) is 0.167. The highest BCUT2D eigenvalue weighted by molar-refractivity contribution is 7.84. The van der Waals surface area contributed by atoms with Gasteiger partial charge in [-0.2, -0.15) is 0 Å². The molecular formula is C8H14N2O3S. The summed E-state index contributed by atoms with van der Waals surface area (Å²) in [5.41, 5.74) is 0. The Hall–Kier alpha value is -0.910. The fraction of sp³-hybridized carbons (Fsp3) is 0.750. The van der Waals surface area contributed by atoms with Crippen LogP contribution in [0.2, 0.25) is 0 Å². The van der Waals surface area contributed by atoms with Crippen LogP contribution < -0.4 is 5.32 Å². The second-order valence-electron chi connectivity index (χ2n) is 3.33. The molecule has 0 aromatic heterocycles. The molecule has 0 spiro atoms. The summed E-state index contributed by atoms with van der Waals surface area (Å²) < 4.78 is 10.8. The van der Waals surface area contributed by atoms with E-state index >= 15 is 0 Å². The lowest BCUT2D eigenvalue weighted by atomic mass is 10.2. The van der Waals surface area contributed by atoms with Gasteiger partial charge in [-0.25, -0.2) is 0 Å². The van der Waals surface area contributed by atoms with E-state index in [9.17, 15) is 13.8 Å². The van der Waals surface area contributed by atoms with Gasteiger partial charge >= 0.3 is 0 Å². The van der Waals surface area contributed by atoms with Gasteiger partial charge in [0.05, 0.1) is 6.54 Å². The third-order valence-electron chi connectivity index (χ3n) is 2.04. The van der Waals surface area contributed by atoms with E-state index in [2.05, 4.69) is 5.32 Å². The van der Waals surface area contributed by atoms with Gasteiger partial charge < -0.3 is 10.2 Å². The molecule has 0 aromatic carbocycles. The Morgan fingerprint density at radius 1 is 1.57 bits per heavy atom. The van der Waals surface area contributed by atoms with E-state index < -0.39 is 16.8 Å². The predicted octanol–water partition coefficient (Wildman–Crippen LogP) is -1.29. The Labute approximate surface area is 85.3 Å². The van der Waals surface area contributed by atoms with E-state index in [4.69, 9.17) is 0 Å². The molecule has 0 aliphatic carbocycles. The first-order chi connectivity index (χ1) is 6.50. The Morgan fingerprint density at radius 2 is 2.21 bits per heavy atom. The molecule has 1 heterocycles. The van der Waals surface area contributed by atoms with Crippen molar-refractivity contribution in [3.05, 3.63) is 0 Å². The molecule has 2 unspecified atom stereocenters. The van der Waals surface area contributed by atoms with Gasteiger partial charge in [-0.1, -0.05) is 0 Å². The highest BCUT2D eigenvalue weighted by Crippen LogP contribution is 2.01. The van der Waals surface area contributed by atoms with Crippen LogP contribution in [0.3, 0.4) is 0 Å². The molecular weight excluding hydrogens is 204 g/mol. The summed E-state index contributed by atoms with van der Waals surface area (Å²) in [6.07, 6.45) is 1.58. The SMILES string of the molecule is CC1NC(=O)CN(CCS(C)=O)C1=O. The molecule has 0 aromatic rings. The van der Waals surface area contributed by atoms with Gasteiger partial charge in [-0.3, -0.25) is 13.8 Å². The van der Waals surface area contributed by atoms with Gasteiger partial charge in [0.25, 0.3) is 0 Å². The van der Waals surface area contributed by atoms with E-state index in [-0.39, 0.29) is 18.4 Å². The maximum atomic E-state index is 11.5. The van der Waals surface area contributed by atoms with Crippen LogP contribution in [0.25, 0.3) is 0 Å². The van der Waals surface area contributed by atoms with Crippen molar-refractivity contribution in [2.45, 2.75) is 13.0 Å². The molecule has 2 amide bonds. The minimum atomic E-state index is -0.930. The standard InChI is InChI=1S/C8H14N2O3S/c1-6-8(12)10(3-4-14(2)13)5-7(11)9-6/h6H,3-5H2,1-2H3,(H,9,11). The van der Waals surface area contributed by atoms with E-state index in [1.807, 2.05) is 0 Å². The van der Waals surface area contributed by atoms with Crippen LogP contribution in [0, 0.1) is 0 Å². The summed E-state index contributed by atoms with van der Waals surface area (Å²) in [6.45, 7) is 2.12. The zero-order valence-electron chi connectivity index (χ0n) is 8.28. The number of amides is 2. The Morgan fingerprint density at radius 3 is 2.79 bits per heavy atom. The van der Waals surface area contributed by atoms with Crippen molar-refractivity contribution in [1.82, 2.24) is 10.2 Å². The number of hydrogen-bond acceptors (Lipinski definition) is 3. The van der Waals surface area contributed by atoms with Crippen LogP contribution in [0.5, 0.6) is 0 Å². The summed E-state index contributed by atoms with van der Waals surface area (Å²) in [5, 5.41) is 2.54. The third-order valence-corrected chi connectivity index (χ3v) is 2.80. The molecule has 1 aliphatic heterocycles. The number of hydrogen-bond donors (Lipinski definition) is 1. The predicted molar refractivity (Wildman–Crippen MR) is 53.1 cm³/mol. The summed E-state index contributed by atoms with van der Waals surface area (Å²) in [7, 11) is -0.930. The molecule has 6 heteroatoms. The normalized spacial score (nSPS) is 24.7. The van der Waals surface area contributed by atoms with Gasteiger partial charge in [0.15, 0.2) is 0 Å². The molecule has 1 rings (SSSR count). The van der Waals surface area contributed by atoms with Crippen LogP contribution >= 0.6 is 0 Å². The van der Waals surface area contributed by atoms with E-state index in [0.29, 0.717) is 12.3 Å². The number of carbonyl (C=O) groups excluding carboxylic acids is 2. The summed E-state index contributed by atoms with van der Waals surface area (Å²) >= 11 is 0. The number of piperazine rings is 1. The first-order valence-corrected chi connectivity index (χ1v) is 6.11. The average Bonchev–Trinajstić information content (AvgIpc) is 2.08. The largest absolute Gasteiger partial charge is 0.343 e. The zero-order valence-corrected chi connectivity index (χ0v) is 9.10. The van der Waals surface area contributed by atoms with Crippen LogP contribution in [-0.2, 0) is 20.4 Å². The highest BCUT2D eigenvalue weighted by atomic mass is 32.2. The van der Waals surface area contributed by atoms with Crippen LogP contribution in [0.1, 0.15) is 6.92 Å². The molecule has 1 saturated heterocycles.